The number of Topliss-reactive ketones (excluding diaryl/α,β-unsaturated/α-hetero) is 1. The molecule has 73 heavy (non-hydrogen) atoms. The van der Waals surface area contributed by atoms with E-state index in [2.05, 4.69) is 41.6 Å². The van der Waals surface area contributed by atoms with E-state index in [4.69, 9.17) is 9.29 Å². The van der Waals surface area contributed by atoms with Crippen LogP contribution in [0.2, 0.25) is 0 Å². The molecule has 0 saturated heterocycles. The molecule has 0 aromatic heterocycles. The van der Waals surface area contributed by atoms with Gasteiger partial charge in [0.2, 0.25) is 5.78 Å². The second-order valence-corrected chi connectivity index (χ2v) is 22.1. The summed E-state index contributed by atoms with van der Waals surface area (Å²) < 4.78 is 174. The third-order valence-electron chi connectivity index (χ3n) is 10.1. The summed E-state index contributed by atoms with van der Waals surface area (Å²) in [6.45, 7) is 1.52. The summed E-state index contributed by atoms with van der Waals surface area (Å²) in [6.07, 6.45) is 0.838. The van der Waals surface area contributed by atoms with Crippen LogP contribution in [0.15, 0.2) is 147 Å². The zero-order chi connectivity index (χ0) is 53.6. The number of ketones is 1. The number of aryl methyl sites for hydroxylation is 1. The first-order valence-corrected chi connectivity index (χ1v) is 26.9. The van der Waals surface area contributed by atoms with Gasteiger partial charge in [-0.3, -0.25) is 33.0 Å². The molecule has 6 aromatic carbocycles. The van der Waals surface area contributed by atoms with E-state index in [0.29, 0.717) is 11.6 Å². The Balaban J connectivity index is 1.11. The number of anilines is 3. The van der Waals surface area contributed by atoms with Crippen LogP contribution >= 0.6 is 0 Å². The molecule has 9 N–H and O–H groups in total. The number of hydrogen-bond acceptors (Lipinski definition) is 20. The maximum atomic E-state index is 13.7. The van der Waals surface area contributed by atoms with Crippen molar-refractivity contribution in [1.29, 1.82) is 0 Å². The molecule has 0 radical (unpaired) electrons. The van der Waals surface area contributed by atoms with Crippen LogP contribution in [-0.2, 0) is 50.6 Å². The number of carbonyl (C=O) groups is 2. The lowest BCUT2D eigenvalue weighted by Crippen LogP contribution is -2.27. The van der Waals surface area contributed by atoms with Crippen molar-refractivity contribution in [2.75, 3.05) is 23.2 Å². The van der Waals surface area contributed by atoms with E-state index in [9.17, 15) is 75.0 Å². The first kappa shape index (κ1) is 52.9. The van der Waals surface area contributed by atoms with Gasteiger partial charge in [0.1, 0.15) is 21.3 Å². The highest BCUT2D eigenvalue weighted by Crippen LogP contribution is 2.40. The summed E-state index contributed by atoms with van der Waals surface area (Å²) in [5.41, 5.74) is 0.361. The lowest BCUT2D eigenvalue weighted by molar-refractivity contribution is 0.106. The molecule has 0 aliphatic heterocycles. The van der Waals surface area contributed by atoms with Crippen molar-refractivity contribution in [2.45, 2.75) is 26.5 Å². The van der Waals surface area contributed by atoms with Crippen LogP contribution < -0.4 is 20.8 Å². The Morgan fingerprint density at radius 1 is 0.589 bits per heavy atom. The fourth-order valence-corrected chi connectivity index (χ4v) is 9.62. The largest absolute Gasteiger partial charge is 0.507 e. The number of phenolic OH excluding ortho intramolecular Hbond substituents is 1. The monoisotopic (exact) mass is 1100 g/mol. The molecule has 0 fully saturated rings. The zero-order valence-corrected chi connectivity index (χ0v) is 40.7. The van der Waals surface area contributed by atoms with Crippen molar-refractivity contribution < 1.29 is 84.3 Å². The highest BCUT2D eigenvalue weighted by atomic mass is 32.2. The molecular formula is C41H32N8O19S5. The van der Waals surface area contributed by atoms with Gasteiger partial charge in [-0.15, -0.1) is 5.11 Å². The van der Waals surface area contributed by atoms with Crippen molar-refractivity contribution in [1.82, 2.24) is 0 Å². The van der Waals surface area contributed by atoms with E-state index in [0.717, 1.165) is 48.5 Å². The predicted molar refractivity (Wildman–Crippen MR) is 258 cm³/mol. The molecule has 1 aliphatic rings. The number of hydrazone groups is 1. The van der Waals surface area contributed by atoms with E-state index in [-0.39, 0.29) is 61.8 Å². The summed E-state index contributed by atoms with van der Waals surface area (Å²) in [4.78, 5) is 23.1. The molecule has 1 aliphatic carbocycles. The fourth-order valence-electron chi connectivity index (χ4n) is 6.75. The summed E-state index contributed by atoms with van der Waals surface area (Å²) >= 11 is 0. The Morgan fingerprint density at radius 2 is 1.19 bits per heavy atom. The summed E-state index contributed by atoms with van der Waals surface area (Å²) in [5.74, 6) is -1.87. The minimum absolute atomic E-state index is 0.0153. The number of nitrogens with zero attached hydrogens (tertiary/aromatic N) is 5. The lowest BCUT2D eigenvalue weighted by atomic mass is 9.94. The molecule has 380 valence electrons. The maximum absolute atomic E-state index is 13.7. The lowest BCUT2D eigenvalue weighted by Gasteiger charge is -2.18. The van der Waals surface area contributed by atoms with Crippen molar-refractivity contribution in [3.05, 3.63) is 119 Å². The van der Waals surface area contributed by atoms with E-state index < -0.39 is 104 Å². The molecule has 27 nitrogen and oxygen atoms in total. The molecule has 0 heterocycles. The number of benzene rings is 6. The molecule has 32 heteroatoms. The normalized spacial score (nSPS) is 14.1. The highest BCUT2D eigenvalue weighted by molar-refractivity contribution is 7.91. The Kier molecular flexibility index (Phi) is 14.2. The number of fused-ring (bicyclic) bond motifs is 2. The van der Waals surface area contributed by atoms with Gasteiger partial charge < -0.3 is 20.5 Å². The number of nitrogens with one attached hydrogen (secondary N) is 3. The van der Waals surface area contributed by atoms with Gasteiger partial charge in [0.25, 0.3) is 50.6 Å². The smallest absolute Gasteiger partial charge is 0.323 e. The summed E-state index contributed by atoms with van der Waals surface area (Å²) in [6, 6.07) is 16.0. The second kappa shape index (κ2) is 19.6. The van der Waals surface area contributed by atoms with E-state index >= 15 is 0 Å². The van der Waals surface area contributed by atoms with Crippen molar-refractivity contribution >= 4 is 125 Å². The number of methoxy groups -OCH3 is 1. The molecule has 6 aromatic rings. The van der Waals surface area contributed by atoms with Crippen molar-refractivity contribution in [3.8, 4) is 11.5 Å². The average Bonchev–Trinajstić information content (AvgIpc) is 3.28. The molecule has 2 amide bonds. The number of phenols is 1. The molecule has 0 spiro atoms. The number of ether oxygens (including phenoxy) is 1. The van der Waals surface area contributed by atoms with Crippen molar-refractivity contribution in [2.24, 2.45) is 25.6 Å². The SMILES string of the molecule is COc1cc(N=Nc2cc(S(=O)(=O)O)cc3cc(S(=O)(=O)O)cc(O)c23)c(C)cc1NC(=O)Nc1ccc2c(c1)C=C(S(=O)(=O)O)/C(=N/Nc1ccc(N=Nc3ccc(S(=O)(=O)O)cc3)cc1S(=O)(=O)O)C2=O. The van der Waals surface area contributed by atoms with Gasteiger partial charge in [0.15, 0.2) is 5.71 Å². The number of aromatic hydroxyl groups is 1. The topological polar surface area (TPSA) is 433 Å². The number of allylic oxidation sites excluding steroid dienone is 1. The fraction of sp³-hybridized carbons (Fsp3) is 0.0488. The highest BCUT2D eigenvalue weighted by Gasteiger charge is 2.33. The Morgan fingerprint density at radius 3 is 1.79 bits per heavy atom. The quantitative estimate of drug-likeness (QED) is 0.0295. The molecule has 0 unspecified atom stereocenters. The van der Waals surface area contributed by atoms with Crippen molar-refractivity contribution in [3.63, 3.8) is 0 Å². The van der Waals surface area contributed by atoms with Gasteiger partial charge in [0.05, 0.1) is 61.3 Å². The van der Waals surface area contributed by atoms with Crippen LogP contribution in [0.1, 0.15) is 21.5 Å². The average molecular weight is 1100 g/mol. The second-order valence-electron chi connectivity index (χ2n) is 15.1. The van der Waals surface area contributed by atoms with E-state index in [1.165, 1.54) is 62.6 Å². The summed E-state index contributed by atoms with van der Waals surface area (Å²) in [7, 11) is -23.4. The Labute approximate surface area is 412 Å². The third-order valence-corrected chi connectivity index (χ3v) is 14.4. The standard InChI is InChI=1S/C41H32N8O19S5/c1-20-11-32(35(68-2)19-31(20)47-48-33-17-27(70(56,57)58)13-22-14-28(71(59,60)61)18-34(50)38(22)33)43-41(52)42-24-5-9-29-21(12-24)15-37(73(65,66)67)39(40(29)51)49-46-30-10-6-25(16-36(30)72(62,63)64)45-44-23-3-7-26(8-4-23)69(53,54)55/h3-19,46,50H,1-2H3,(H2,42,43,52)(H,53,54,55)(H,56,57,58)(H,59,60,61)(H,62,63,64)(H,65,66,67)/b45-44?,48-47?,49-39-. The number of hydrogen-bond donors (Lipinski definition) is 9. The molecule has 0 bridgehead atoms. The zero-order valence-electron chi connectivity index (χ0n) is 36.6. The van der Waals surface area contributed by atoms with Crippen LogP contribution in [0, 0.1) is 6.92 Å². The number of azo groups is 2. The first-order chi connectivity index (χ1) is 33.9. The Hall–Kier alpha value is -7.92. The van der Waals surface area contributed by atoms with E-state index in [1.807, 2.05) is 0 Å². The summed E-state index contributed by atoms with van der Waals surface area (Å²) in [5, 5.41) is 34.7. The van der Waals surface area contributed by atoms with Gasteiger partial charge in [-0.2, -0.15) is 62.5 Å². The third kappa shape index (κ3) is 12.1. The number of urea groups is 1. The molecule has 7 rings (SSSR count). The maximum Gasteiger partial charge on any atom is 0.323 e. The van der Waals surface area contributed by atoms with Gasteiger partial charge in [0, 0.05) is 23.4 Å². The van der Waals surface area contributed by atoms with Crippen LogP contribution in [0.3, 0.4) is 0 Å². The predicted octanol–water partition coefficient (Wildman–Crippen LogP) is 7.22. The minimum Gasteiger partial charge on any atom is -0.507 e. The van der Waals surface area contributed by atoms with Gasteiger partial charge >= 0.3 is 6.03 Å². The number of rotatable bonds is 14. The number of amides is 2. The van der Waals surface area contributed by atoms with E-state index in [1.54, 1.807) is 0 Å². The van der Waals surface area contributed by atoms with Crippen LogP contribution in [0.25, 0.3) is 16.8 Å². The van der Waals surface area contributed by atoms with Crippen LogP contribution in [0.5, 0.6) is 11.5 Å². The molecule has 0 saturated carbocycles. The Bertz CT molecular complexity index is 4070. The minimum atomic E-state index is -5.26. The van der Waals surface area contributed by atoms with Gasteiger partial charge in [-0.1, -0.05) is 0 Å². The number of carbonyl (C=O) groups excluding carboxylic acids is 2. The van der Waals surface area contributed by atoms with Crippen LogP contribution in [-0.4, -0.2) is 94.6 Å². The van der Waals surface area contributed by atoms with Gasteiger partial charge in [-0.05, 0) is 114 Å². The molecule has 0 atom stereocenters. The van der Waals surface area contributed by atoms with Gasteiger partial charge in [-0.25, -0.2) is 4.79 Å². The molecular weight excluding hydrogens is 1070 g/mol. The first-order valence-electron chi connectivity index (χ1n) is 19.7. The van der Waals surface area contributed by atoms with Crippen LogP contribution in [0.4, 0.5) is 44.6 Å².